The van der Waals surface area contributed by atoms with Crippen molar-refractivity contribution in [2.24, 2.45) is 0 Å². The minimum Gasteiger partial charge on any atom is -0.399 e. The van der Waals surface area contributed by atoms with Crippen molar-refractivity contribution >= 4 is 21.9 Å². The van der Waals surface area contributed by atoms with E-state index in [4.69, 9.17) is 0 Å². The molecule has 0 atom stereocenters. The molecule has 0 unspecified atom stereocenters. The zero-order chi connectivity index (χ0) is 22.2. The smallest absolute Gasteiger partial charge is 0.399 e. The summed E-state index contributed by atoms with van der Waals surface area (Å²) in [5.74, 6) is -2.42. The number of halogens is 3. The second-order valence-electron chi connectivity index (χ2n) is 6.75. The first-order valence-corrected chi connectivity index (χ1v) is 10.5. The molecule has 4 rings (SSSR count). The first-order chi connectivity index (χ1) is 14.6. The monoisotopic (exact) mass is 452 g/mol. The Labute approximate surface area is 174 Å². The first-order valence-electron chi connectivity index (χ1n) is 9.03. The van der Waals surface area contributed by atoms with Crippen molar-refractivity contribution in [3.05, 3.63) is 71.1 Å². The number of benzene rings is 2. The zero-order valence-electron chi connectivity index (χ0n) is 15.8. The van der Waals surface area contributed by atoms with Crippen LogP contribution in [0.1, 0.15) is 27.4 Å². The molecule has 0 radical (unpaired) electrons. The van der Waals surface area contributed by atoms with Crippen molar-refractivity contribution in [2.45, 2.75) is 24.0 Å². The first kappa shape index (κ1) is 21.0. The quantitative estimate of drug-likeness (QED) is 0.652. The van der Waals surface area contributed by atoms with Crippen LogP contribution in [-0.2, 0) is 29.2 Å². The Morgan fingerprint density at radius 1 is 1.03 bits per heavy atom. The van der Waals surface area contributed by atoms with Crippen LogP contribution in [0.5, 0.6) is 0 Å². The molecule has 1 aliphatic rings. The van der Waals surface area contributed by atoms with Crippen molar-refractivity contribution < 1.29 is 30.8 Å². The largest absolute Gasteiger partial charge is 0.470 e. The third-order valence-electron chi connectivity index (χ3n) is 4.74. The number of amides is 1. The number of nitrogens with one attached hydrogen (secondary N) is 1. The number of sulfonamides is 1. The maximum atomic E-state index is 13.0. The lowest BCUT2D eigenvalue weighted by Gasteiger charge is -2.28. The number of alkyl halides is 3. The van der Waals surface area contributed by atoms with E-state index in [1.807, 2.05) is 29.6 Å². The van der Waals surface area contributed by atoms with E-state index in [2.05, 4.69) is 14.6 Å². The third kappa shape index (κ3) is 4.30. The molecule has 2 aromatic carbocycles. The highest BCUT2D eigenvalue weighted by atomic mass is 32.2. The summed E-state index contributed by atoms with van der Waals surface area (Å²) in [5, 5.41) is 7.96. The number of rotatable bonds is 4. The molecule has 1 amide bonds. The van der Waals surface area contributed by atoms with Gasteiger partial charge < -0.3 is 4.42 Å². The number of carbonyl (C=O) groups excluding carboxylic acids is 1. The van der Waals surface area contributed by atoms with Gasteiger partial charge in [-0.2, -0.15) is 17.5 Å². The molecule has 2 heterocycles. The molecule has 0 spiro atoms. The van der Waals surface area contributed by atoms with Crippen LogP contribution in [0, 0.1) is 0 Å². The molecule has 162 valence electrons. The highest BCUT2D eigenvalue weighted by Gasteiger charge is 2.38. The van der Waals surface area contributed by atoms with Gasteiger partial charge in [-0.25, -0.2) is 8.42 Å². The maximum Gasteiger partial charge on any atom is 0.470 e. The fourth-order valence-electron chi connectivity index (χ4n) is 3.16. The van der Waals surface area contributed by atoms with Gasteiger partial charge in [0.25, 0.3) is 5.91 Å². The molecule has 0 saturated heterocycles. The molecule has 31 heavy (non-hydrogen) atoms. The topological polar surface area (TPSA) is 105 Å². The summed E-state index contributed by atoms with van der Waals surface area (Å²) in [4.78, 5) is 12.2. The Bertz CT molecular complexity index is 1220. The van der Waals surface area contributed by atoms with Crippen LogP contribution in [0.2, 0.25) is 0 Å². The number of carbonyl (C=O) groups is 1. The Kier molecular flexibility index (Phi) is 5.27. The molecule has 3 aromatic rings. The van der Waals surface area contributed by atoms with Gasteiger partial charge in [0.15, 0.2) is 0 Å². The highest BCUT2D eigenvalue weighted by Crippen LogP contribution is 2.29. The summed E-state index contributed by atoms with van der Waals surface area (Å²) >= 11 is 0. The SMILES string of the molecule is O=C(Nc1nnc(C(F)(F)F)o1)c1ccc(S(=O)(=O)N2CCc3ccccc3C2)cc1. The average molecular weight is 452 g/mol. The average Bonchev–Trinajstić information content (AvgIpc) is 3.22. The van der Waals surface area contributed by atoms with E-state index < -0.39 is 34.0 Å². The molecule has 12 heteroatoms. The minimum atomic E-state index is -4.83. The molecule has 0 fully saturated rings. The van der Waals surface area contributed by atoms with Crippen molar-refractivity contribution in [3.63, 3.8) is 0 Å². The summed E-state index contributed by atoms with van der Waals surface area (Å²) in [6.07, 6.45) is -4.24. The Morgan fingerprint density at radius 2 is 1.71 bits per heavy atom. The predicted octanol–water partition coefficient (Wildman–Crippen LogP) is 3.09. The standard InChI is InChI=1S/C19H15F3N4O4S/c20-19(21,22)17-24-25-18(30-17)23-16(27)13-5-7-15(8-6-13)31(28,29)26-10-9-12-3-1-2-4-14(12)11-26/h1-8H,9-11H2,(H,23,25,27). The van der Waals surface area contributed by atoms with Crippen LogP contribution in [0.4, 0.5) is 19.2 Å². The van der Waals surface area contributed by atoms with Crippen molar-refractivity contribution in [1.82, 2.24) is 14.5 Å². The number of nitrogens with zero attached hydrogens (tertiary/aromatic N) is 3. The fraction of sp³-hybridized carbons (Fsp3) is 0.211. The molecule has 0 aliphatic carbocycles. The van der Waals surface area contributed by atoms with E-state index in [1.54, 1.807) is 0 Å². The highest BCUT2D eigenvalue weighted by molar-refractivity contribution is 7.89. The molecule has 8 nitrogen and oxygen atoms in total. The van der Waals surface area contributed by atoms with Crippen molar-refractivity contribution in [1.29, 1.82) is 0 Å². The minimum absolute atomic E-state index is 0.000536. The maximum absolute atomic E-state index is 13.0. The van der Waals surface area contributed by atoms with Gasteiger partial charge in [-0.3, -0.25) is 10.1 Å². The van der Waals surface area contributed by atoms with E-state index in [9.17, 15) is 26.4 Å². The fourth-order valence-corrected chi connectivity index (χ4v) is 4.58. The van der Waals surface area contributed by atoms with Crippen LogP contribution in [-0.4, -0.2) is 35.4 Å². The van der Waals surface area contributed by atoms with Crippen molar-refractivity contribution in [2.75, 3.05) is 11.9 Å². The van der Waals surface area contributed by atoms with Gasteiger partial charge in [-0.1, -0.05) is 29.4 Å². The lowest BCUT2D eigenvalue weighted by molar-refractivity contribution is -0.156. The van der Waals surface area contributed by atoms with Crippen LogP contribution in [0.25, 0.3) is 0 Å². The number of hydrogen-bond acceptors (Lipinski definition) is 6. The van der Waals surface area contributed by atoms with Gasteiger partial charge in [-0.15, -0.1) is 5.10 Å². The number of aromatic nitrogens is 2. The number of hydrogen-bond donors (Lipinski definition) is 1. The summed E-state index contributed by atoms with van der Waals surface area (Å²) in [6, 6.07) is 11.9. The molecule has 0 bridgehead atoms. The Morgan fingerprint density at radius 3 is 2.35 bits per heavy atom. The molecule has 1 aliphatic heterocycles. The second-order valence-corrected chi connectivity index (χ2v) is 8.68. The van der Waals surface area contributed by atoms with Crippen LogP contribution in [0.3, 0.4) is 0 Å². The molecular formula is C19H15F3N4O4S. The second kappa shape index (κ2) is 7.78. The van der Waals surface area contributed by atoms with Gasteiger partial charge in [0.05, 0.1) is 4.90 Å². The van der Waals surface area contributed by atoms with Gasteiger partial charge in [-0.05, 0) is 41.8 Å². The lowest BCUT2D eigenvalue weighted by atomic mass is 10.0. The summed E-state index contributed by atoms with van der Waals surface area (Å²) in [7, 11) is -3.78. The van der Waals surface area contributed by atoms with Crippen LogP contribution < -0.4 is 5.32 Å². The zero-order valence-corrected chi connectivity index (χ0v) is 16.6. The molecule has 0 saturated carbocycles. The van der Waals surface area contributed by atoms with Crippen LogP contribution in [0.15, 0.2) is 57.8 Å². The van der Waals surface area contributed by atoms with Crippen LogP contribution >= 0.6 is 0 Å². The van der Waals surface area contributed by atoms with Gasteiger partial charge in [0, 0.05) is 18.7 Å². The Balaban J connectivity index is 1.47. The molecule has 1 aromatic heterocycles. The normalized spacial score (nSPS) is 14.8. The van der Waals surface area contributed by atoms with Gasteiger partial charge >= 0.3 is 18.1 Å². The van der Waals surface area contributed by atoms with Gasteiger partial charge in [0.2, 0.25) is 10.0 Å². The van der Waals surface area contributed by atoms with E-state index in [1.165, 1.54) is 28.6 Å². The molecule has 1 N–H and O–H groups in total. The number of anilines is 1. The molecular weight excluding hydrogens is 437 g/mol. The lowest BCUT2D eigenvalue weighted by Crippen LogP contribution is -2.35. The summed E-state index contributed by atoms with van der Waals surface area (Å²) in [5.41, 5.74) is 2.05. The van der Waals surface area contributed by atoms with E-state index in [0.717, 1.165) is 11.1 Å². The van der Waals surface area contributed by atoms with Gasteiger partial charge in [0.1, 0.15) is 0 Å². The predicted molar refractivity (Wildman–Crippen MR) is 101 cm³/mol. The summed E-state index contributed by atoms with van der Waals surface area (Å²) < 4.78 is 69.1. The van der Waals surface area contributed by atoms with Crippen molar-refractivity contribution in [3.8, 4) is 0 Å². The Hall–Kier alpha value is -3.25. The summed E-state index contributed by atoms with van der Waals surface area (Å²) in [6.45, 7) is 0.583. The number of fused-ring (bicyclic) bond motifs is 1. The third-order valence-corrected chi connectivity index (χ3v) is 6.60. The van der Waals surface area contributed by atoms with E-state index in [-0.39, 0.29) is 17.0 Å². The van der Waals surface area contributed by atoms with E-state index >= 15 is 0 Å². The van der Waals surface area contributed by atoms with E-state index in [0.29, 0.717) is 13.0 Å².